The van der Waals surface area contributed by atoms with Crippen molar-refractivity contribution in [3.05, 3.63) is 188 Å². The Morgan fingerprint density at radius 2 is 0.733 bits per heavy atom. The molecule has 0 aliphatic rings. The first-order valence-electron chi connectivity index (χ1n) is 15.4. The van der Waals surface area contributed by atoms with Gasteiger partial charge in [-0.15, -0.1) is 0 Å². The molecule has 8 aromatic rings. The molecule has 0 fully saturated rings. The number of nitrogens with zero attached hydrogens (tertiary/aromatic N) is 1. The average Bonchev–Trinajstić information content (AvgIpc) is 3.12. The molecule has 0 heterocycles. The third-order valence-electron chi connectivity index (χ3n) is 8.63. The summed E-state index contributed by atoms with van der Waals surface area (Å²) < 4.78 is 0. The van der Waals surface area contributed by atoms with Gasteiger partial charge in [0.05, 0.1) is 5.69 Å². The van der Waals surface area contributed by atoms with Crippen LogP contribution in [0.3, 0.4) is 0 Å². The summed E-state index contributed by atoms with van der Waals surface area (Å²) in [6.07, 6.45) is 0. The highest BCUT2D eigenvalue weighted by atomic mass is 15.1. The van der Waals surface area contributed by atoms with E-state index < -0.39 is 0 Å². The smallest absolute Gasteiger partial charge is 0.0546 e. The predicted molar refractivity (Wildman–Crippen MR) is 192 cm³/mol. The lowest BCUT2D eigenvalue weighted by atomic mass is 9.87. The van der Waals surface area contributed by atoms with Crippen LogP contribution in [0, 0.1) is 0 Å². The zero-order valence-corrected chi connectivity index (χ0v) is 24.8. The van der Waals surface area contributed by atoms with Crippen molar-refractivity contribution in [2.45, 2.75) is 0 Å². The molecule has 212 valence electrons. The third kappa shape index (κ3) is 5.05. The molecule has 0 aliphatic heterocycles. The van der Waals surface area contributed by atoms with Crippen LogP contribution in [0.1, 0.15) is 0 Å². The van der Waals surface area contributed by atoms with Crippen molar-refractivity contribution < 1.29 is 0 Å². The van der Waals surface area contributed by atoms with Crippen LogP contribution in [-0.4, -0.2) is 0 Å². The largest absolute Gasteiger partial charge is 0.310 e. The molecule has 0 aliphatic carbocycles. The van der Waals surface area contributed by atoms with Gasteiger partial charge < -0.3 is 4.90 Å². The Balaban J connectivity index is 1.46. The molecule has 0 saturated heterocycles. The molecule has 0 unspecified atom stereocenters. The summed E-state index contributed by atoms with van der Waals surface area (Å²) in [4.78, 5) is 2.43. The molecule has 8 rings (SSSR count). The molecular weight excluding hydrogens is 542 g/mol. The second-order valence-corrected chi connectivity index (χ2v) is 11.4. The predicted octanol–water partition coefficient (Wildman–Crippen LogP) is 12.5. The molecule has 0 saturated carbocycles. The molecule has 0 aromatic heterocycles. The molecule has 45 heavy (non-hydrogen) atoms. The van der Waals surface area contributed by atoms with Crippen LogP contribution in [-0.2, 0) is 0 Å². The minimum atomic E-state index is 1.12. The molecule has 0 bridgehead atoms. The van der Waals surface area contributed by atoms with E-state index in [1.165, 1.54) is 54.9 Å². The standard InChI is InChI=1S/C44H31N/c1-3-16-34(17-4-1)40-22-11-12-23-42(40)44-41(35-18-5-2-6-19-35)24-13-25-43(44)45(38-28-26-32-14-7-9-20-36(32)30-38)39-29-27-33-15-8-10-21-37(33)31-39/h1-31H. The number of hydrogen-bond acceptors (Lipinski definition) is 1. The number of rotatable bonds is 6. The van der Waals surface area contributed by atoms with E-state index in [4.69, 9.17) is 0 Å². The fourth-order valence-electron chi connectivity index (χ4n) is 6.50. The van der Waals surface area contributed by atoms with Crippen molar-refractivity contribution in [1.29, 1.82) is 0 Å². The summed E-state index contributed by atoms with van der Waals surface area (Å²) in [5, 5.41) is 4.89. The lowest BCUT2D eigenvalue weighted by molar-refractivity contribution is 1.29. The van der Waals surface area contributed by atoms with Crippen LogP contribution in [0.15, 0.2) is 188 Å². The molecular formula is C44H31N. The third-order valence-corrected chi connectivity index (χ3v) is 8.63. The Morgan fingerprint density at radius 3 is 1.31 bits per heavy atom. The molecule has 0 N–H and O–H groups in total. The maximum absolute atomic E-state index is 2.43. The number of benzene rings is 8. The van der Waals surface area contributed by atoms with Gasteiger partial charge >= 0.3 is 0 Å². The van der Waals surface area contributed by atoms with Crippen molar-refractivity contribution >= 4 is 38.6 Å². The van der Waals surface area contributed by atoms with Crippen molar-refractivity contribution in [3.8, 4) is 33.4 Å². The average molecular weight is 574 g/mol. The quantitative estimate of drug-likeness (QED) is 0.191. The van der Waals surface area contributed by atoms with Gasteiger partial charge in [0.2, 0.25) is 0 Å². The Labute approximate surface area is 264 Å². The van der Waals surface area contributed by atoms with E-state index in [0.29, 0.717) is 0 Å². The van der Waals surface area contributed by atoms with E-state index in [2.05, 4.69) is 193 Å². The van der Waals surface area contributed by atoms with Gasteiger partial charge in [-0.3, -0.25) is 0 Å². The Bertz CT molecular complexity index is 2190. The summed E-state index contributed by atoms with van der Waals surface area (Å²) in [5.41, 5.74) is 10.6. The summed E-state index contributed by atoms with van der Waals surface area (Å²) in [6, 6.07) is 67.8. The van der Waals surface area contributed by atoms with Crippen LogP contribution in [0.5, 0.6) is 0 Å². The topological polar surface area (TPSA) is 3.24 Å². The van der Waals surface area contributed by atoms with Crippen LogP contribution in [0.4, 0.5) is 17.1 Å². The zero-order valence-electron chi connectivity index (χ0n) is 24.8. The SMILES string of the molecule is c1ccc(-c2ccccc2-c2c(-c3ccccc3)cccc2N(c2ccc3ccccc3c2)c2ccc3ccccc3c2)cc1. The molecule has 0 spiro atoms. The second-order valence-electron chi connectivity index (χ2n) is 11.4. The molecule has 8 aromatic carbocycles. The molecule has 1 heteroatoms. The first-order chi connectivity index (χ1) is 22.3. The fraction of sp³-hybridized carbons (Fsp3) is 0. The van der Waals surface area contributed by atoms with Crippen molar-refractivity contribution in [2.75, 3.05) is 4.90 Å². The van der Waals surface area contributed by atoms with Crippen molar-refractivity contribution in [1.82, 2.24) is 0 Å². The first kappa shape index (κ1) is 26.7. The van der Waals surface area contributed by atoms with E-state index in [1.54, 1.807) is 0 Å². The van der Waals surface area contributed by atoms with Crippen molar-refractivity contribution in [2.24, 2.45) is 0 Å². The Morgan fingerprint density at radius 1 is 0.289 bits per heavy atom. The van der Waals surface area contributed by atoms with E-state index in [0.717, 1.165) is 17.1 Å². The van der Waals surface area contributed by atoms with E-state index in [1.807, 2.05) is 0 Å². The minimum Gasteiger partial charge on any atom is -0.310 e. The first-order valence-corrected chi connectivity index (χ1v) is 15.4. The monoisotopic (exact) mass is 573 g/mol. The fourth-order valence-corrected chi connectivity index (χ4v) is 6.50. The normalized spacial score (nSPS) is 11.1. The van der Waals surface area contributed by atoms with Gasteiger partial charge in [0.25, 0.3) is 0 Å². The maximum Gasteiger partial charge on any atom is 0.0546 e. The number of anilines is 3. The molecule has 0 radical (unpaired) electrons. The van der Waals surface area contributed by atoms with Gasteiger partial charge in [0.1, 0.15) is 0 Å². The summed E-state index contributed by atoms with van der Waals surface area (Å²) in [5.74, 6) is 0. The van der Waals surface area contributed by atoms with Crippen LogP contribution in [0.25, 0.3) is 54.9 Å². The van der Waals surface area contributed by atoms with Gasteiger partial charge in [-0.2, -0.15) is 0 Å². The van der Waals surface area contributed by atoms with Gasteiger partial charge in [-0.05, 0) is 79.7 Å². The Hall–Kier alpha value is -5.92. The zero-order chi connectivity index (χ0) is 30.0. The van der Waals surface area contributed by atoms with Gasteiger partial charge in [0, 0.05) is 16.9 Å². The summed E-state index contributed by atoms with van der Waals surface area (Å²) in [6.45, 7) is 0. The molecule has 1 nitrogen and oxygen atoms in total. The lowest BCUT2D eigenvalue weighted by Gasteiger charge is -2.30. The van der Waals surface area contributed by atoms with E-state index in [-0.39, 0.29) is 0 Å². The van der Waals surface area contributed by atoms with E-state index >= 15 is 0 Å². The van der Waals surface area contributed by atoms with Gasteiger partial charge in [0.15, 0.2) is 0 Å². The van der Waals surface area contributed by atoms with Crippen LogP contribution >= 0.6 is 0 Å². The maximum atomic E-state index is 2.43. The summed E-state index contributed by atoms with van der Waals surface area (Å²) in [7, 11) is 0. The molecule has 0 amide bonds. The lowest BCUT2D eigenvalue weighted by Crippen LogP contribution is -2.12. The van der Waals surface area contributed by atoms with Gasteiger partial charge in [-0.1, -0.05) is 158 Å². The molecule has 0 atom stereocenters. The minimum absolute atomic E-state index is 1.12. The van der Waals surface area contributed by atoms with Crippen LogP contribution in [0.2, 0.25) is 0 Å². The number of hydrogen-bond donors (Lipinski definition) is 0. The van der Waals surface area contributed by atoms with Gasteiger partial charge in [-0.25, -0.2) is 0 Å². The van der Waals surface area contributed by atoms with E-state index in [9.17, 15) is 0 Å². The van der Waals surface area contributed by atoms with Crippen molar-refractivity contribution in [3.63, 3.8) is 0 Å². The highest BCUT2D eigenvalue weighted by molar-refractivity contribution is 6.02. The highest BCUT2D eigenvalue weighted by Crippen LogP contribution is 2.48. The summed E-state index contributed by atoms with van der Waals surface area (Å²) >= 11 is 0. The number of fused-ring (bicyclic) bond motifs is 2. The highest BCUT2D eigenvalue weighted by Gasteiger charge is 2.23. The van der Waals surface area contributed by atoms with Crippen LogP contribution < -0.4 is 4.90 Å². The second kappa shape index (κ2) is 11.6. The Kier molecular flexibility index (Phi) is 6.90.